The van der Waals surface area contributed by atoms with E-state index in [0.717, 1.165) is 37.8 Å². The molecule has 2 aromatic carbocycles. The van der Waals surface area contributed by atoms with E-state index in [1.54, 1.807) is 18.2 Å². The lowest BCUT2D eigenvalue weighted by Gasteiger charge is -2.38. The number of nitrogens with zero attached hydrogens (tertiary/aromatic N) is 3. The number of benzene rings is 2. The number of aliphatic carboxylic acids is 1. The third-order valence-corrected chi connectivity index (χ3v) is 11.1. The zero-order valence-electron chi connectivity index (χ0n) is 28.4. The van der Waals surface area contributed by atoms with Crippen molar-refractivity contribution in [3.05, 3.63) is 76.7 Å². The monoisotopic (exact) mass is 761 g/mol. The van der Waals surface area contributed by atoms with Crippen LogP contribution in [0.5, 0.6) is 0 Å². The number of sulfonamides is 1. The predicted molar refractivity (Wildman–Crippen MR) is 193 cm³/mol. The highest BCUT2D eigenvalue weighted by Gasteiger charge is 2.30. The molecule has 266 valence electrons. The van der Waals surface area contributed by atoms with E-state index in [1.807, 2.05) is 20.9 Å². The Morgan fingerprint density at radius 3 is 2.35 bits per heavy atom. The molecule has 2 unspecified atom stereocenters. The van der Waals surface area contributed by atoms with E-state index < -0.39 is 33.3 Å². The van der Waals surface area contributed by atoms with Crippen molar-refractivity contribution in [3.63, 3.8) is 0 Å². The third-order valence-electron chi connectivity index (χ3n) is 8.86. The van der Waals surface area contributed by atoms with Crippen LogP contribution in [0.2, 0.25) is 0 Å². The quantitative estimate of drug-likeness (QED) is 0.0651. The fourth-order valence-electron chi connectivity index (χ4n) is 5.24. The number of primary amides is 1. The van der Waals surface area contributed by atoms with Gasteiger partial charge in [-0.25, -0.2) is 27.3 Å². The van der Waals surface area contributed by atoms with Gasteiger partial charge in [-0.15, -0.1) is 0 Å². The minimum Gasteiger partial charge on any atom is -0.478 e. The molecule has 0 radical (unpaired) electrons. The molecule has 3 rings (SSSR count). The second-order valence-electron chi connectivity index (χ2n) is 12.4. The van der Waals surface area contributed by atoms with Crippen LogP contribution in [-0.2, 0) is 14.8 Å². The molecule has 12 nitrogen and oxygen atoms in total. The largest absolute Gasteiger partial charge is 0.478 e. The maximum absolute atomic E-state index is 14.2. The zero-order chi connectivity index (χ0) is 36.4. The normalized spacial score (nSPS) is 14.4. The number of nitrogens with two attached hydrogens (primary N) is 1. The zero-order valence-corrected chi connectivity index (χ0v) is 30.8. The highest BCUT2D eigenvalue weighted by atomic mass is 79.9. The first-order chi connectivity index (χ1) is 23.0. The molecule has 3 aromatic rings. The van der Waals surface area contributed by atoms with Gasteiger partial charge in [0, 0.05) is 35.6 Å². The van der Waals surface area contributed by atoms with Gasteiger partial charge in [0.05, 0.1) is 20.6 Å². The number of amides is 1. The molecule has 0 saturated heterocycles. The van der Waals surface area contributed by atoms with E-state index in [4.69, 9.17) is 10.8 Å². The lowest BCUT2D eigenvalue weighted by atomic mass is 9.87. The Morgan fingerprint density at radius 2 is 1.73 bits per heavy atom. The van der Waals surface area contributed by atoms with Crippen molar-refractivity contribution in [1.29, 1.82) is 0 Å². The van der Waals surface area contributed by atoms with Gasteiger partial charge in [0.1, 0.15) is 11.6 Å². The van der Waals surface area contributed by atoms with Gasteiger partial charge in [-0.05, 0) is 98.9 Å². The molecule has 49 heavy (non-hydrogen) atoms. The molecule has 0 saturated carbocycles. The van der Waals surface area contributed by atoms with Crippen molar-refractivity contribution in [1.82, 2.24) is 19.6 Å². The maximum Gasteiger partial charge on any atom is 0.328 e. The van der Waals surface area contributed by atoms with Crippen LogP contribution in [0, 0.1) is 5.82 Å². The molecule has 0 spiro atoms. The lowest BCUT2D eigenvalue weighted by molar-refractivity contribution is -0.131. The number of likely N-dealkylation sites (N-methyl/N-ethyl adjacent to an activating group) is 1. The highest BCUT2D eigenvalue weighted by molar-refractivity contribution is 9.10. The van der Waals surface area contributed by atoms with Crippen LogP contribution in [0.3, 0.4) is 0 Å². The minimum absolute atomic E-state index is 0.108. The Labute approximate surface area is 296 Å². The van der Waals surface area contributed by atoms with E-state index in [9.17, 15) is 22.4 Å². The van der Waals surface area contributed by atoms with Gasteiger partial charge in [-0.2, -0.15) is 4.98 Å². The summed E-state index contributed by atoms with van der Waals surface area (Å²) in [7, 11) is -1.85. The smallest absolute Gasteiger partial charge is 0.328 e. The van der Waals surface area contributed by atoms with E-state index in [2.05, 4.69) is 60.0 Å². The van der Waals surface area contributed by atoms with Gasteiger partial charge in [-0.1, -0.05) is 38.8 Å². The molecule has 15 heteroatoms. The van der Waals surface area contributed by atoms with Gasteiger partial charge in [0.15, 0.2) is 0 Å². The van der Waals surface area contributed by atoms with Gasteiger partial charge < -0.3 is 21.5 Å². The molecule has 0 aliphatic heterocycles. The summed E-state index contributed by atoms with van der Waals surface area (Å²) in [5.74, 6) is -2.26. The number of aromatic nitrogens is 2. The van der Waals surface area contributed by atoms with Crippen molar-refractivity contribution in [2.24, 2.45) is 5.73 Å². The Balaban J connectivity index is 1.63. The lowest BCUT2D eigenvalue weighted by Crippen LogP contribution is -2.45. The second kappa shape index (κ2) is 17.1. The number of nitrogens with one attached hydrogen (secondary N) is 3. The summed E-state index contributed by atoms with van der Waals surface area (Å²) in [6.45, 7) is 8.67. The summed E-state index contributed by atoms with van der Waals surface area (Å²) >= 11 is 3.34. The van der Waals surface area contributed by atoms with E-state index in [-0.39, 0.29) is 33.5 Å². The summed E-state index contributed by atoms with van der Waals surface area (Å²) < 4.78 is 44.4. The molecule has 0 aliphatic carbocycles. The standard InChI is InChI=1S/C34H45BrFN7O5S/c1-6-33(3,19-8-9-20-34(4,7-2)43(5)21-11-14-28(44)45)42-49(47,48)24-17-15-23(16-18-24)39-32-38-22-25(35)31(41-32)40-27-13-10-12-26(36)29(27)30(37)46/h10-18,22,42H,6-9,19-21H2,1-5H3,(H2,37,46)(H,44,45)(H2,38,39,40,41)/b14-11+. The number of carboxylic acid groups (broad SMARTS) is 1. The third kappa shape index (κ3) is 11.0. The number of anilines is 4. The summed E-state index contributed by atoms with van der Waals surface area (Å²) in [4.78, 5) is 33.5. The molecule has 0 bridgehead atoms. The Hall–Kier alpha value is -3.92. The topological polar surface area (TPSA) is 180 Å². The van der Waals surface area contributed by atoms with Crippen LogP contribution in [0.1, 0.15) is 76.6 Å². The number of rotatable bonds is 19. The van der Waals surface area contributed by atoms with Crippen molar-refractivity contribution >= 4 is 61.0 Å². The molecule has 1 aromatic heterocycles. The molecule has 2 atom stereocenters. The Morgan fingerprint density at radius 1 is 1.06 bits per heavy atom. The van der Waals surface area contributed by atoms with E-state index >= 15 is 0 Å². The number of carbonyl (C=O) groups excluding carboxylic acids is 1. The Kier molecular flexibility index (Phi) is 13.8. The van der Waals surface area contributed by atoms with Crippen LogP contribution in [0.4, 0.5) is 27.5 Å². The molecule has 6 N–H and O–H groups in total. The van der Waals surface area contributed by atoms with Gasteiger partial charge in [-0.3, -0.25) is 9.69 Å². The van der Waals surface area contributed by atoms with Crippen LogP contribution in [-0.4, -0.2) is 64.9 Å². The Bertz CT molecular complexity index is 1760. The molecule has 1 amide bonds. The molecular formula is C34H45BrFN7O5S. The van der Waals surface area contributed by atoms with Crippen molar-refractivity contribution in [3.8, 4) is 0 Å². The number of halogens is 2. The van der Waals surface area contributed by atoms with E-state index in [0.29, 0.717) is 29.5 Å². The molecule has 0 fully saturated rings. The van der Waals surface area contributed by atoms with Crippen molar-refractivity contribution < 1.29 is 27.5 Å². The maximum atomic E-state index is 14.2. The summed E-state index contributed by atoms with van der Waals surface area (Å²) in [6, 6.07) is 10.2. The van der Waals surface area contributed by atoms with Crippen LogP contribution >= 0.6 is 15.9 Å². The van der Waals surface area contributed by atoms with Gasteiger partial charge in [0.2, 0.25) is 16.0 Å². The molecule has 0 aliphatic rings. The van der Waals surface area contributed by atoms with Crippen molar-refractivity contribution in [2.45, 2.75) is 82.2 Å². The van der Waals surface area contributed by atoms with Crippen LogP contribution in [0.25, 0.3) is 0 Å². The molecular weight excluding hydrogens is 717 g/mol. The average molecular weight is 763 g/mol. The average Bonchev–Trinajstić information content (AvgIpc) is 3.04. The number of unbranched alkanes of at least 4 members (excludes halogenated alkanes) is 1. The predicted octanol–water partition coefficient (Wildman–Crippen LogP) is 6.71. The van der Waals surface area contributed by atoms with E-state index in [1.165, 1.54) is 30.5 Å². The first-order valence-electron chi connectivity index (χ1n) is 15.9. The van der Waals surface area contributed by atoms with Crippen LogP contribution in [0.15, 0.2) is 70.2 Å². The minimum atomic E-state index is -3.84. The number of hydrogen-bond acceptors (Lipinski definition) is 9. The summed E-state index contributed by atoms with van der Waals surface area (Å²) in [5.41, 5.74) is 4.94. The number of carboxylic acids is 1. The summed E-state index contributed by atoms with van der Waals surface area (Å²) in [6.07, 6.45) is 9.01. The SMILES string of the molecule is CCC(C)(CCCCC(C)(CC)N(C)C/C=C/C(=O)O)NS(=O)(=O)c1ccc(Nc2ncc(Br)c(Nc3cccc(F)c3C(N)=O)n2)cc1. The summed E-state index contributed by atoms with van der Waals surface area (Å²) in [5, 5.41) is 14.8. The van der Waals surface area contributed by atoms with Gasteiger partial charge >= 0.3 is 5.97 Å². The van der Waals surface area contributed by atoms with Crippen LogP contribution < -0.4 is 21.1 Å². The fraction of sp³-hybridized carbons (Fsp3) is 0.412. The van der Waals surface area contributed by atoms with Gasteiger partial charge in [0.25, 0.3) is 5.91 Å². The fourth-order valence-corrected chi connectivity index (χ4v) is 7.04. The number of carbonyl (C=O) groups is 2. The first-order valence-corrected chi connectivity index (χ1v) is 18.2. The second-order valence-corrected chi connectivity index (χ2v) is 14.9. The highest BCUT2D eigenvalue weighted by Crippen LogP contribution is 2.30. The molecule has 1 heterocycles. The first kappa shape index (κ1) is 39.5. The number of hydrogen-bond donors (Lipinski definition) is 5. The van der Waals surface area contributed by atoms with Crippen molar-refractivity contribution in [2.75, 3.05) is 24.2 Å².